The first-order valence-corrected chi connectivity index (χ1v) is 6.05. The maximum atomic E-state index is 13.8. The van der Waals surface area contributed by atoms with Crippen molar-refractivity contribution in [2.75, 3.05) is 0 Å². The van der Waals surface area contributed by atoms with Crippen LogP contribution in [0.15, 0.2) is 31.0 Å². The average Bonchev–Trinajstić information content (AvgIpc) is 2.84. The van der Waals surface area contributed by atoms with Crippen molar-refractivity contribution in [3.8, 4) is 0 Å². The van der Waals surface area contributed by atoms with Crippen molar-refractivity contribution < 1.29 is 9.13 Å². The van der Waals surface area contributed by atoms with Crippen LogP contribution in [0.25, 0.3) is 0 Å². The fourth-order valence-corrected chi connectivity index (χ4v) is 3.19. The number of hydrogen-bond donors (Lipinski definition) is 0. The summed E-state index contributed by atoms with van der Waals surface area (Å²) in [6.07, 6.45) is 3.08. The van der Waals surface area contributed by atoms with E-state index in [-0.39, 0.29) is 24.0 Å². The van der Waals surface area contributed by atoms with E-state index in [0.717, 1.165) is 11.3 Å². The molecule has 0 amide bonds. The molecule has 5 atom stereocenters. The fourth-order valence-electron chi connectivity index (χ4n) is 3.19. The van der Waals surface area contributed by atoms with Crippen LogP contribution in [0.4, 0.5) is 4.39 Å². The van der Waals surface area contributed by atoms with Crippen LogP contribution in [0.1, 0.15) is 23.6 Å². The van der Waals surface area contributed by atoms with Crippen molar-refractivity contribution in [2.24, 2.45) is 5.92 Å². The number of fused-ring (bicyclic) bond motifs is 2. The molecule has 3 heterocycles. The molecule has 5 unspecified atom stereocenters. The number of hydrogen-bond acceptors (Lipinski definition) is 2. The van der Waals surface area contributed by atoms with Crippen molar-refractivity contribution in [2.45, 2.75) is 37.6 Å². The Morgan fingerprint density at radius 1 is 1.59 bits per heavy atom. The van der Waals surface area contributed by atoms with Gasteiger partial charge in [0.1, 0.15) is 6.17 Å². The molecule has 2 aliphatic rings. The maximum absolute atomic E-state index is 13.8. The molecule has 17 heavy (non-hydrogen) atoms. The van der Waals surface area contributed by atoms with Gasteiger partial charge in [-0.15, -0.1) is 6.58 Å². The highest BCUT2D eigenvalue weighted by atomic mass is 19.1. The molecule has 2 nitrogen and oxygen atoms in total. The largest absolute Gasteiger partial charge is 0.371 e. The Morgan fingerprint density at radius 3 is 3.12 bits per heavy atom. The minimum atomic E-state index is -0.838. The second-order valence-corrected chi connectivity index (χ2v) is 4.96. The van der Waals surface area contributed by atoms with E-state index in [9.17, 15) is 4.39 Å². The van der Waals surface area contributed by atoms with Gasteiger partial charge in [-0.25, -0.2) is 4.39 Å². The summed E-state index contributed by atoms with van der Waals surface area (Å²) in [6.45, 7) is 5.82. The van der Waals surface area contributed by atoms with Gasteiger partial charge in [-0.2, -0.15) is 0 Å². The highest BCUT2D eigenvalue weighted by Crippen LogP contribution is 2.50. The van der Waals surface area contributed by atoms with Crippen LogP contribution in [0.3, 0.4) is 0 Å². The topological polar surface area (TPSA) is 22.1 Å². The van der Waals surface area contributed by atoms with Gasteiger partial charge in [-0.05, 0) is 24.6 Å². The Bertz CT molecular complexity index is 448. The lowest BCUT2D eigenvalue weighted by Crippen LogP contribution is -2.31. The van der Waals surface area contributed by atoms with E-state index in [1.807, 2.05) is 25.1 Å². The number of ether oxygens (including phenoxy) is 1. The predicted molar refractivity (Wildman–Crippen MR) is 63.6 cm³/mol. The fraction of sp³-hybridized carbons (Fsp3) is 0.500. The molecule has 1 aromatic heterocycles. The number of halogens is 1. The minimum Gasteiger partial charge on any atom is -0.371 e. The van der Waals surface area contributed by atoms with Crippen molar-refractivity contribution >= 4 is 0 Å². The van der Waals surface area contributed by atoms with Crippen LogP contribution in [0.5, 0.6) is 0 Å². The van der Waals surface area contributed by atoms with Gasteiger partial charge in [0.2, 0.25) is 0 Å². The van der Waals surface area contributed by atoms with Gasteiger partial charge in [0.15, 0.2) is 0 Å². The zero-order valence-electron chi connectivity index (χ0n) is 9.84. The molecule has 0 spiro atoms. The average molecular weight is 233 g/mol. The SMILES string of the molecule is C=CC1C2CC(F)C(O2)C1c1ccnc(C)c1. The third-order valence-corrected chi connectivity index (χ3v) is 3.92. The molecule has 0 N–H and O–H groups in total. The first kappa shape index (κ1) is 10.9. The van der Waals surface area contributed by atoms with Crippen LogP contribution >= 0.6 is 0 Å². The van der Waals surface area contributed by atoms with E-state index < -0.39 is 6.17 Å². The number of nitrogens with zero attached hydrogens (tertiary/aromatic N) is 1. The Balaban J connectivity index is 1.98. The molecule has 1 aromatic rings. The van der Waals surface area contributed by atoms with Gasteiger partial charge in [0.25, 0.3) is 0 Å². The monoisotopic (exact) mass is 233 g/mol. The summed E-state index contributed by atoms with van der Waals surface area (Å²) in [6, 6.07) is 3.99. The highest BCUT2D eigenvalue weighted by Gasteiger charge is 2.53. The molecule has 3 rings (SSSR count). The molecule has 2 saturated heterocycles. The Kier molecular flexibility index (Phi) is 2.51. The highest BCUT2D eigenvalue weighted by molar-refractivity contribution is 5.28. The molecule has 2 fully saturated rings. The summed E-state index contributed by atoms with van der Waals surface area (Å²) in [5.74, 6) is 0.330. The number of aryl methyl sites for hydroxylation is 1. The molecule has 2 bridgehead atoms. The summed E-state index contributed by atoms with van der Waals surface area (Å²) < 4.78 is 19.5. The van der Waals surface area contributed by atoms with Crippen LogP contribution in [-0.2, 0) is 4.74 Å². The van der Waals surface area contributed by atoms with Gasteiger partial charge in [-0.1, -0.05) is 6.08 Å². The number of aromatic nitrogens is 1. The molecule has 0 radical (unpaired) electrons. The van der Waals surface area contributed by atoms with E-state index >= 15 is 0 Å². The van der Waals surface area contributed by atoms with Crippen molar-refractivity contribution in [3.05, 3.63) is 42.2 Å². The molecular formula is C14H16FNO. The van der Waals surface area contributed by atoms with E-state index in [0.29, 0.717) is 6.42 Å². The van der Waals surface area contributed by atoms with Gasteiger partial charge in [-0.3, -0.25) is 4.98 Å². The molecule has 0 saturated carbocycles. The van der Waals surface area contributed by atoms with E-state index in [2.05, 4.69) is 11.6 Å². The molecule has 0 aromatic carbocycles. The standard InChI is InChI=1S/C14H16FNO/c1-3-10-12-7-11(15)14(17-12)13(10)9-4-5-16-8(2)6-9/h3-6,10-14H,1,7H2,2H3. The van der Waals surface area contributed by atoms with Gasteiger partial charge < -0.3 is 4.74 Å². The molecule has 3 heteroatoms. The van der Waals surface area contributed by atoms with Crippen molar-refractivity contribution in [3.63, 3.8) is 0 Å². The van der Waals surface area contributed by atoms with Crippen molar-refractivity contribution in [1.29, 1.82) is 0 Å². The van der Waals surface area contributed by atoms with Gasteiger partial charge in [0.05, 0.1) is 12.2 Å². The van der Waals surface area contributed by atoms with E-state index in [4.69, 9.17) is 4.74 Å². The second-order valence-electron chi connectivity index (χ2n) is 4.96. The lowest BCUT2D eigenvalue weighted by Gasteiger charge is -2.28. The molecule has 90 valence electrons. The zero-order chi connectivity index (χ0) is 12.0. The normalized spacial score (nSPS) is 39.5. The lowest BCUT2D eigenvalue weighted by atomic mass is 9.75. The third-order valence-electron chi connectivity index (χ3n) is 3.92. The summed E-state index contributed by atoms with van der Waals surface area (Å²) >= 11 is 0. The third kappa shape index (κ3) is 1.61. The minimum absolute atomic E-state index is 0.00553. The molecule has 0 aliphatic carbocycles. The molecule has 2 aliphatic heterocycles. The van der Waals surface area contributed by atoms with Gasteiger partial charge in [0, 0.05) is 30.1 Å². The smallest absolute Gasteiger partial charge is 0.129 e. The first-order valence-electron chi connectivity index (χ1n) is 6.05. The molecular weight excluding hydrogens is 217 g/mol. The second kappa shape index (κ2) is 3.91. The number of rotatable bonds is 2. The maximum Gasteiger partial charge on any atom is 0.129 e. The zero-order valence-corrected chi connectivity index (χ0v) is 9.84. The Labute approximate surface area is 101 Å². The van der Waals surface area contributed by atoms with Crippen LogP contribution in [0.2, 0.25) is 0 Å². The Hall–Kier alpha value is -1.22. The predicted octanol–water partition coefficient (Wildman–Crippen LogP) is 2.79. The van der Waals surface area contributed by atoms with Crippen LogP contribution in [0, 0.1) is 12.8 Å². The quantitative estimate of drug-likeness (QED) is 0.733. The Morgan fingerprint density at radius 2 is 2.41 bits per heavy atom. The van der Waals surface area contributed by atoms with Crippen molar-refractivity contribution in [1.82, 2.24) is 4.98 Å². The summed E-state index contributed by atoms with van der Waals surface area (Å²) in [5.41, 5.74) is 2.08. The van der Waals surface area contributed by atoms with E-state index in [1.54, 1.807) is 6.20 Å². The number of pyridine rings is 1. The summed E-state index contributed by atoms with van der Waals surface area (Å²) in [4.78, 5) is 4.18. The van der Waals surface area contributed by atoms with E-state index in [1.165, 1.54) is 0 Å². The number of alkyl halides is 1. The lowest BCUT2D eigenvalue weighted by molar-refractivity contribution is 0.0755. The van der Waals surface area contributed by atoms with Crippen LogP contribution in [-0.4, -0.2) is 23.4 Å². The first-order chi connectivity index (χ1) is 8.20. The summed E-state index contributed by atoms with van der Waals surface area (Å²) in [5, 5.41) is 0. The van der Waals surface area contributed by atoms with Crippen LogP contribution < -0.4 is 0 Å². The van der Waals surface area contributed by atoms with Gasteiger partial charge >= 0.3 is 0 Å². The summed E-state index contributed by atoms with van der Waals surface area (Å²) in [7, 11) is 0.